The number of anilines is 1. The summed E-state index contributed by atoms with van der Waals surface area (Å²) in [4.78, 5) is 3.97. The summed E-state index contributed by atoms with van der Waals surface area (Å²) in [7, 11) is 0. The number of pyridine rings is 1. The molecule has 1 aromatic heterocycles. The van der Waals surface area contributed by atoms with Crippen molar-refractivity contribution in [2.75, 3.05) is 18.1 Å². The van der Waals surface area contributed by atoms with E-state index < -0.39 is 6.43 Å². The highest BCUT2D eigenvalue weighted by molar-refractivity contribution is 5.38. The molecule has 1 aromatic rings. The molecular weight excluding hydrogens is 188 g/mol. The normalized spacial score (nSPS) is 16.6. The Kier molecular flexibility index (Phi) is 2.58. The largest absolute Gasteiger partial charge is 0.292 e. The van der Waals surface area contributed by atoms with Crippen molar-refractivity contribution in [1.82, 2.24) is 10.4 Å². The van der Waals surface area contributed by atoms with Crippen LogP contribution in [0.3, 0.4) is 0 Å². The van der Waals surface area contributed by atoms with Crippen molar-refractivity contribution in [2.45, 2.75) is 12.8 Å². The molecule has 5 heteroatoms. The molecule has 14 heavy (non-hydrogen) atoms. The Hall–Kier alpha value is -1.23. The van der Waals surface area contributed by atoms with Gasteiger partial charge in [-0.25, -0.2) is 19.2 Å². The third kappa shape index (κ3) is 1.82. The molecule has 0 amide bonds. The van der Waals surface area contributed by atoms with Gasteiger partial charge >= 0.3 is 0 Å². The molecule has 2 heterocycles. The van der Waals surface area contributed by atoms with Crippen molar-refractivity contribution >= 4 is 5.82 Å². The van der Waals surface area contributed by atoms with Crippen LogP contribution in [0, 0.1) is 0 Å². The third-order valence-electron chi connectivity index (χ3n) is 2.16. The summed E-state index contributed by atoms with van der Waals surface area (Å²) in [5.74, 6) is 0.701. The van der Waals surface area contributed by atoms with Crippen LogP contribution in [0.15, 0.2) is 18.3 Å². The van der Waals surface area contributed by atoms with Crippen LogP contribution in [0.1, 0.15) is 18.4 Å². The van der Waals surface area contributed by atoms with Crippen LogP contribution in [0.2, 0.25) is 0 Å². The monoisotopic (exact) mass is 199 g/mol. The van der Waals surface area contributed by atoms with Gasteiger partial charge in [0.15, 0.2) is 0 Å². The molecule has 1 N–H and O–H groups in total. The Labute approximate surface area is 80.7 Å². The Morgan fingerprint density at radius 3 is 2.79 bits per heavy atom. The second kappa shape index (κ2) is 3.88. The molecule has 0 aliphatic carbocycles. The quantitative estimate of drug-likeness (QED) is 0.786. The zero-order valence-corrected chi connectivity index (χ0v) is 7.58. The first-order chi connectivity index (χ1) is 6.77. The van der Waals surface area contributed by atoms with Gasteiger partial charge in [0.2, 0.25) is 0 Å². The maximum atomic E-state index is 12.2. The van der Waals surface area contributed by atoms with Crippen LogP contribution >= 0.6 is 0 Å². The van der Waals surface area contributed by atoms with Gasteiger partial charge in [-0.3, -0.25) is 5.01 Å². The number of alkyl halides is 2. The zero-order chi connectivity index (χ0) is 9.97. The topological polar surface area (TPSA) is 28.2 Å². The van der Waals surface area contributed by atoms with E-state index in [1.54, 1.807) is 6.07 Å². The molecular formula is C9H11F2N3. The number of halogens is 2. The molecule has 76 valence electrons. The second-order valence-electron chi connectivity index (χ2n) is 3.16. The van der Waals surface area contributed by atoms with E-state index in [1.807, 2.05) is 5.01 Å². The average molecular weight is 199 g/mol. The molecule has 0 radical (unpaired) electrons. The van der Waals surface area contributed by atoms with Gasteiger partial charge in [0.25, 0.3) is 6.43 Å². The van der Waals surface area contributed by atoms with E-state index in [-0.39, 0.29) is 5.56 Å². The standard InChI is InChI=1S/C9H11F2N3/c10-9(11)7-2-3-8(12-6-7)14-5-1-4-13-14/h2-3,6,9,13H,1,4-5H2. The number of hydrazine groups is 1. The lowest BCUT2D eigenvalue weighted by Gasteiger charge is -2.16. The summed E-state index contributed by atoms with van der Waals surface area (Å²) in [6.07, 6.45) is -0.166. The van der Waals surface area contributed by atoms with E-state index in [9.17, 15) is 8.78 Å². The summed E-state index contributed by atoms with van der Waals surface area (Å²) in [6.45, 7) is 1.79. The molecule has 0 atom stereocenters. The van der Waals surface area contributed by atoms with Gasteiger partial charge in [0, 0.05) is 24.8 Å². The summed E-state index contributed by atoms with van der Waals surface area (Å²) in [5, 5.41) is 1.87. The molecule has 1 fully saturated rings. The zero-order valence-electron chi connectivity index (χ0n) is 7.58. The Morgan fingerprint density at radius 2 is 2.29 bits per heavy atom. The summed E-state index contributed by atoms with van der Waals surface area (Å²) in [6, 6.07) is 3.02. The van der Waals surface area contributed by atoms with Crippen LogP contribution in [0.25, 0.3) is 0 Å². The Morgan fingerprint density at radius 1 is 1.43 bits per heavy atom. The predicted octanol–water partition coefficient (Wildman–Crippen LogP) is 1.73. The van der Waals surface area contributed by atoms with E-state index in [1.165, 1.54) is 12.3 Å². The van der Waals surface area contributed by atoms with Gasteiger partial charge in [-0.1, -0.05) is 0 Å². The van der Waals surface area contributed by atoms with Gasteiger partial charge in [0.05, 0.1) is 0 Å². The van der Waals surface area contributed by atoms with E-state index in [2.05, 4.69) is 10.4 Å². The summed E-state index contributed by atoms with van der Waals surface area (Å²) >= 11 is 0. The summed E-state index contributed by atoms with van der Waals surface area (Å²) in [5.41, 5.74) is 3.07. The second-order valence-corrected chi connectivity index (χ2v) is 3.16. The lowest BCUT2D eigenvalue weighted by molar-refractivity contribution is 0.151. The van der Waals surface area contributed by atoms with Crippen molar-refractivity contribution in [3.63, 3.8) is 0 Å². The van der Waals surface area contributed by atoms with Gasteiger partial charge in [-0.15, -0.1) is 0 Å². The number of nitrogens with one attached hydrogen (secondary N) is 1. The number of nitrogens with zero attached hydrogens (tertiary/aromatic N) is 2. The minimum Gasteiger partial charge on any atom is -0.292 e. The molecule has 0 aromatic carbocycles. The molecule has 2 rings (SSSR count). The smallest absolute Gasteiger partial charge is 0.265 e. The van der Waals surface area contributed by atoms with Crippen LogP contribution in [0.5, 0.6) is 0 Å². The van der Waals surface area contributed by atoms with E-state index in [0.717, 1.165) is 19.5 Å². The average Bonchev–Trinajstić information content (AvgIpc) is 2.71. The van der Waals surface area contributed by atoms with Gasteiger partial charge in [0.1, 0.15) is 5.82 Å². The number of rotatable bonds is 2. The van der Waals surface area contributed by atoms with Gasteiger partial charge in [-0.2, -0.15) is 0 Å². The molecule has 0 bridgehead atoms. The SMILES string of the molecule is FC(F)c1ccc(N2CCCN2)nc1. The third-order valence-corrected chi connectivity index (χ3v) is 2.16. The molecule has 0 spiro atoms. The first-order valence-electron chi connectivity index (χ1n) is 4.52. The van der Waals surface area contributed by atoms with Crippen molar-refractivity contribution in [1.29, 1.82) is 0 Å². The van der Waals surface area contributed by atoms with Crippen LogP contribution in [0.4, 0.5) is 14.6 Å². The maximum Gasteiger partial charge on any atom is 0.265 e. The first-order valence-corrected chi connectivity index (χ1v) is 4.52. The highest BCUT2D eigenvalue weighted by Gasteiger charge is 2.13. The van der Waals surface area contributed by atoms with Crippen LogP contribution < -0.4 is 10.4 Å². The van der Waals surface area contributed by atoms with E-state index in [4.69, 9.17) is 0 Å². The Balaban J connectivity index is 2.12. The number of aromatic nitrogens is 1. The lowest BCUT2D eigenvalue weighted by atomic mass is 10.3. The molecule has 0 unspecified atom stereocenters. The Bertz CT molecular complexity index is 293. The number of hydrogen-bond donors (Lipinski definition) is 1. The molecule has 1 saturated heterocycles. The minimum atomic E-state index is -2.44. The molecule has 3 nitrogen and oxygen atoms in total. The van der Waals surface area contributed by atoms with Crippen molar-refractivity contribution in [3.05, 3.63) is 23.9 Å². The fourth-order valence-corrected chi connectivity index (χ4v) is 1.41. The van der Waals surface area contributed by atoms with E-state index in [0.29, 0.717) is 5.82 Å². The fourth-order valence-electron chi connectivity index (χ4n) is 1.41. The van der Waals surface area contributed by atoms with Crippen molar-refractivity contribution in [2.24, 2.45) is 0 Å². The highest BCUT2D eigenvalue weighted by atomic mass is 19.3. The van der Waals surface area contributed by atoms with Gasteiger partial charge in [-0.05, 0) is 18.6 Å². The fraction of sp³-hybridized carbons (Fsp3) is 0.444. The van der Waals surface area contributed by atoms with Crippen molar-refractivity contribution in [3.8, 4) is 0 Å². The highest BCUT2D eigenvalue weighted by Crippen LogP contribution is 2.20. The maximum absolute atomic E-state index is 12.2. The molecule has 1 aliphatic heterocycles. The van der Waals surface area contributed by atoms with Gasteiger partial charge < -0.3 is 0 Å². The summed E-state index contributed by atoms with van der Waals surface area (Å²) < 4.78 is 24.4. The van der Waals surface area contributed by atoms with Crippen molar-refractivity contribution < 1.29 is 8.78 Å². The predicted molar refractivity (Wildman–Crippen MR) is 49.2 cm³/mol. The minimum absolute atomic E-state index is 0.0343. The lowest BCUT2D eigenvalue weighted by Crippen LogP contribution is -2.31. The first kappa shape index (κ1) is 9.33. The van der Waals surface area contributed by atoms with Crippen LogP contribution in [-0.4, -0.2) is 18.1 Å². The number of hydrogen-bond acceptors (Lipinski definition) is 3. The van der Waals surface area contributed by atoms with Crippen LogP contribution in [-0.2, 0) is 0 Å². The van der Waals surface area contributed by atoms with E-state index >= 15 is 0 Å². The molecule has 1 aliphatic rings. The molecule has 0 saturated carbocycles.